The van der Waals surface area contributed by atoms with Crippen LogP contribution in [0.4, 0.5) is 16.2 Å². The van der Waals surface area contributed by atoms with Gasteiger partial charge in [-0.25, -0.2) is 4.79 Å². The van der Waals surface area contributed by atoms with Crippen LogP contribution in [-0.2, 0) is 11.3 Å². The maximum absolute atomic E-state index is 12.4. The summed E-state index contributed by atoms with van der Waals surface area (Å²) in [6, 6.07) is 16.0. The maximum atomic E-state index is 12.4. The largest absolute Gasteiger partial charge is 0.368 e. The second-order valence-electron chi connectivity index (χ2n) is 7.46. The second-order valence-corrected chi connectivity index (χ2v) is 7.46. The van der Waals surface area contributed by atoms with E-state index in [9.17, 15) is 19.7 Å². The van der Waals surface area contributed by atoms with Crippen LogP contribution < -0.4 is 10.2 Å². The van der Waals surface area contributed by atoms with Gasteiger partial charge in [-0.05, 0) is 17.7 Å². The standard InChI is InChI=1S/C22H27N5O4/c1-24(17-18-5-3-2-4-6-18)21(28)11-12-23-22(29)26-15-13-25(14-16-26)19-7-9-20(10-8-19)27(30)31/h2-10H,11-17H2,1H3,(H,23,29). The number of anilines is 1. The molecule has 1 aliphatic heterocycles. The number of carbonyl (C=O) groups excluding carboxylic acids is 2. The van der Waals surface area contributed by atoms with Gasteiger partial charge in [0.25, 0.3) is 5.69 Å². The van der Waals surface area contributed by atoms with Crippen molar-refractivity contribution in [2.45, 2.75) is 13.0 Å². The number of nitro benzene ring substituents is 1. The number of nitrogens with one attached hydrogen (secondary N) is 1. The number of urea groups is 1. The molecule has 0 aromatic heterocycles. The zero-order chi connectivity index (χ0) is 22.2. The molecule has 0 atom stereocenters. The number of non-ortho nitro benzene ring substituents is 1. The number of rotatable bonds is 7. The Labute approximate surface area is 181 Å². The number of benzene rings is 2. The number of hydrogen-bond donors (Lipinski definition) is 1. The lowest BCUT2D eigenvalue weighted by Gasteiger charge is -2.36. The van der Waals surface area contributed by atoms with Crippen LogP contribution >= 0.6 is 0 Å². The van der Waals surface area contributed by atoms with Crippen LogP contribution in [0.25, 0.3) is 0 Å². The summed E-state index contributed by atoms with van der Waals surface area (Å²) in [4.78, 5) is 40.5. The van der Waals surface area contributed by atoms with Gasteiger partial charge in [-0.2, -0.15) is 0 Å². The van der Waals surface area contributed by atoms with Crippen molar-refractivity contribution in [3.05, 3.63) is 70.3 Å². The van der Waals surface area contributed by atoms with Crippen LogP contribution in [-0.4, -0.2) is 66.4 Å². The van der Waals surface area contributed by atoms with Crippen LogP contribution in [0.1, 0.15) is 12.0 Å². The number of nitrogens with zero attached hydrogens (tertiary/aromatic N) is 4. The lowest BCUT2D eigenvalue weighted by atomic mass is 10.2. The van der Waals surface area contributed by atoms with Crippen molar-refractivity contribution in [1.29, 1.82) is 0 Å². The zero-order valence-electron chi connectivity index (χ0n) is 17.6. The molecule has 0 saturated carbocycles. The molecule has 0 radical (unpaired) electrons. The summed E-state index contributed by atoms with van der Waals surface area (Å²) < 4.78 is 0. The van der Waals surface area contributed by atoms with Gasteiger partial charge in [0, 0.05) is 70.6 Å². The Bertz CT molecular complexity index is 896. The molecule has 0 unspecified atom stereocenters. The lowest BCUT2D eigenvalue weighted by Crippen LogP contribution is -2.52. The third kappa shape index (κ3) is 6.18. The fraction of sp³-hybridized carbons (Fsp3) is 0.364. The third-order valence-electron chi connectivity index (χ3n) is 5.30. The average Bonchev–Trinajstić information content (AvgIpc) is 2.79. The molecule has 164 valence electrons. The Hall–Kier alpha value is -3.62. The van der Waals surface area contributed by atoms with E-state index in [0.717, 1.165) is 11.3 Å². The summed E-state index contributed by atoms with van der Waals surface area (Å²) in [7, 11) is 1.76. The van der Waals surface area contributed by atoms with Crippen LogP contribution in [0, 0.1) is 10.1 Å². The van der Waals surface area contributed by atoms with Crippen molar-refractivity contribution in [1.82, 2.24) is 15.1 Å². The summed E-state index contributed by atoms with van der Waals surface area (Å²) in [5, 5.41) is 13.6. The van der Waals surface area contributed by atoms with Crippen LogP contribution in [0.15, 0.2) is 54.6 Å². The van der Waals surface area contributed by atoms with Gasteiger partial charge in [0.2, 0.25) is 5.91 Å². The molecule has 2 aromatic rings. The fourth-order valence-electron chi connectivity index (χ4n) is 3.48. The Balaban J connectivity index is 1.38. The molecule has 1 fully saturated rings. The summed E-state index contributed by atoms with van der Waals surface area (Å²) in [5.74, 6) is -0.0212. The predicted molar refractivity (Wildman–Crippen MR) is 118 cm³/mol. The van der Waals surface area contributed by atoms with Gasteiger partial charge in [-0.1, -0.05) is 30.3 Å². The monoisotopic (exact) mass is 425 g/mol. The van der Waals surface area contributed by atoms with Crippen molar-refractivity contribution < 1.29 is 14.5 Å². The number of hydrogen-bond acceptors (Lipinski definition) is 5. The third-order valence-corrected chi connectivity index (χ3v) is 5.30. The molecule has 2 aromatic carbocycles. The Morgan fingerprint density at radius 3 is 2.29 bits per heavy atom. The van der Waals surface area contributed by atoms with E-state index < -0.39 is 4.92 Å². The molecule has 0 aliphatic carbocycles. The van der Waals surface area contributed by atoms with Crippen LogP contribution in [0.5, 0.6) is 0 Å². The minimum atomic E-state index is -0.420. The van der Waals surface area contributed by atoms with Gasteiger partial charge in [0.1, 0.15) is 0 Å². The molecule has 1 aliphatic rings. The zero-order valence-corrected chi connectivity index (χ0v) is 17.6. The van der Waals surface area contributed by atoms with Crippen LogP contribution in [0.2, 0.25) is 0 Å². The van der Waals surface area contributed by atoms with Gasteiger partial charge < -0.3 is 20.0 Å². The molecule has 1 heterocycles. The number of amides is 3. The summed E-state index contributed by atoms with van der Waals surface area (Å²) >= 11 is 0. The van der Waals surface area contributed by atoms with E-state index in [2.05, 4.69) is 10.2 Å². The molecule has 1 N–H and O–H groups in total. The minimum Gasteiger partial charge on any atom is -0.368 e. The first-order chi connectivity index (χ1) is 14.9. The molecular formula is C22H27N5O4. The predicted octanol–water partition coefficient (Wildman–Crippen LogP) is 2.48. The van der Waals surface area contributed by atoms with Crippen molar-refractivity contribution in [3.8, 4) is 0 Å². The maximum Gasteiger partial charge on any atom is 0.317 e. The fourth-order valence-corrected chi connectivity index (χ4v) is 3.48. The molecule has 0 bridgehead atoms. The van der Waals surface area contributed by atoms with E-state index in [0.29, 0.717) is 39.3 Å². The Kier molecular flexibility index (Phi) is 7.42. The molecule has 9 nitrogen and oxygen atoms in total. The van der Waals surface area contributed by atoms with Crippen molar-refractivity contribution >= 4 is 23.3 Å². The second kappa shape index (κ2) is 10.4. The van der Waals surface area contributed by atoms with E-state index in [-0.39, 0.29) is 24.0 Å². The average molecular weight is 425 g/mol. The lowest BCUT2D eigenvalue weighted by molar-refractivity contribution is -0.384. The molecule has 9 heteroatoms. The van der Waals surface area contributed by atoms with Crippen molar-refractivity contribution in [2.75, 3.05) is 44.7 Å². The molecular weight excluding hydrogens is 398 g/mol. The molecule has 0 spiro atoms. The topological polar surface area (TPSA) is 99.0 Å². The normalized spacial score (nSPS) is 13.6. The van der Waals surface area contributed by atoms with Gasteiger partial charge in [0.15, 0.2) is 0 Å². The SMILES string of the molecule is CN(Cc1ccccc1)C(=O)CCNC(=O)N1CCN(c2ccc([N+](=O)[O-])cc2)CC1. The highest BCUT2D eigenvalue weighted by Gasteiger charge is 2.21. The van der Waals surface area contributed by atoms with Gasteiger partial charge >= 0.3 is 6.03 Å². The molecule has 3 amide bonds. The van der Waals surface area contributed by atoms with Gasteiger partial charge in [0.05, 0.1) is 4.92 Å². The highest BCUT2D eigenvalue weighted by atomic mass is 16.6. The number of piperazine rings is 1. The van der Waals surface area contributed by atoms with Crippen molar-refractivity contribution in [3.63, 3.8) is 0 Å². The molecule has 3 rings (SSSR count). The molecule has 31 heavy (non-hydrogen) atoms. The van der Waals surface area contributed by atoms with Gasteiger partial charge in [-0.15, -0.1) is 0 Å². The minimum absolute atomic E-state index is 0.0212. The van der Waals surface area contributed by atoms with E-state index >= 15 is 0 Å². The number of carbonyl (C=O) groups is 2. The molecule has 1 saturated heterocycles. The Morgan fingerprint density at radius 1 is 1.03 bits per heavy atom. The van der Waals surface area contributed by atoms with Crippen molar-refractivity contribution in [2.24, 2.45) is 0 Å². The smallest absolute Gasteiger partial charge is 0.317 e. The first-order valence-electron chi connectivity index (χ1n) is 10.2. The quantitative estimate of drug-likeness (QED) is 0.543. The first kappa shape index (κ1) is 22.1. The van der Waals surface area contributed by atoms with E-state index in [1.54, 1.807) is 29.0 Å². The van der Waals surface area contributed by atoms with Gasteiger partial charge in [-0.3, -0.25) is 14.9 Å². The Morgan fingerprint density at radius 2 is 1.68 bits per heavy atom. The van der Waals surface area contributed by atoms with Crippen LogP contribution in [0.3, 0.4) is 0 Å². The van der Waals surface area contributed by atoms with E-state index in [4.69, 9.17) is 0 Å². The van der Waals surface area contributed by atoms with E-state index in [1.165, 1.54) is 12.1 Å². The highest BCUT2D eigenvalue weighted by molar-refractivity contribution is 5.78. The number of nitro groups is 1. The summed E-state index contributed by atoms with van der Waals surface area (Å²) in [6.07, 6.45) is 0.248. The summed E-state index contributed by atoms with van der Waals surface area (Å²) in [5.41, 5.74) is 2.02. The highest BCUT2D eigenvalue weighted by Crippen LogP contribution is 2.20. The first-order valence-corrected chi connectivity index (χ1v) is 10.2. The van der Waals surface area contributed by atoms with E-state index in [1.807, 2.05) is 30.3 Å². The summed E-state index contributed by atoms with van der Waals surface area (Å²) in [6.45, 7) is 3.21.